The lowest BCUT2D eigenvalue weighted by molar-refractivity contribution is 0.372. The van der Waals surface area contributed by atoms with Gasteiger partial charge in [-0.1, -0.05) is 19.1 Å². The number of hydrogen-bond donors (Lipinski definition) is 1. The Morgan fingerprint density at radius 1 is 1.53 bits per heavy atom. The average molecular weight is 208 g/mol. The van der Waals surface area contributed by atoms with Gasteiger partial charge in [-0.15, -0.1) is 5.10 Å². The second-order valence-corrected chi connectivity index (χ2v) is 5.42. The molecule has 0 amide bonds. The van der Waals surface area contributed by atoms with Gasteiger partial charge in [-0.05, 0) is 37.1 Å². The van der Waals surface area contributed by atoms with E-state index in [1.165, 1.54) is 12.8 Å². The lowest BCUT2D eigenvalue weighted by Crippen LogP contribution is -2.26. The molecule has 0 unspecified atom stereocenters. The number of hydrogen-bond acceptors (Lipinski definition) is 3. The lowest BCUT2D eigenvalue weighted by atomic mass is 9.88. The van der Waals surface area contributed by atoms with E-state index < -0.39 is 0 Å². The number of rotatable bonds is 5. The Morgan fingerprint density at radius 3 is 2.87 bits per heavy atom. The maximum atomic E-state index is 5.70. The Labute approximate surface area is 90.8 Å². The van der Waals surface area contributed by atoms with E-state index in [2.05, 4.69) is 30.4 Å². The molecule has 1 aromatic rings. The van der Waals surface area contributed by atoms with Crippen molar-refractivity contribution in [2.24, 2.45) is 17.1 Å². The van der Waals surface area contributed by atoms with Gasteiger partial charge in [0.2, 0.25) is 0 Å². The smallest absolute Gasteiger partial charge is 0.0832 e. The molecule has 15 heavy (non-hydrogen) atoms. The Hall–Kier alpha value is -0.900. The maximum Gasteiger partial charge on any atom is 0.0832 e. The normalized spacial score (nSPS) is 17.0. The van der Waals surface area contributed by atoms with Crippen LogP contribution in [0.25, 0.3) is 0 Å². The second kappa shape index (κ2) is 3.93. The van der Waals surface area contributed by atoms with Crippen LogP contribution < -0.4 is 5.73 Å². The fraction of sp³-hybridized carbons (Fsp3) is 0.818. The average Bonchev–Trinajstić information content (AvgIpc) is 2.88. The first kappa shape index (κ1) is 10.6. The summed E-state index contributed by atoms with van der Waals surface area (Å²) in [5.74, 6) is 0.849. The van der Waals surface area contributed by atoms with E-state index in [1.807, 2.05) is 4.68 Å². The van der Waals surface area contributed by atoms with Gasteiger partial charge in [0.15, 0.2) is 0 Å². The summed E-state index contributed by atoms with van der Waals surface area (Å²) in [6.45, 7) is 6.04. The van der Waals surface area contributed by atoms with E-state index in [0.29, 0.717) is 6.54 Å². The standard InChI is InChI=1S/C11H20N4/c1-11(2,8-12)5-10-7-15(14-13-10)6-9-3-4-9/h7,9H,3-6,8,12H2,1-2H3. The third kappa shape index (κ3) is 3.02. The van der Waals surface area contributed by atoms with E-state index >= 15 is 0 Å². The lowest BCUT2D eigenvalue weighted by Gasteiger charge is -2.20. The molecular weight excluding hydrogens is 188 g/mol. The molecule has 0 aromatic carbocycles. The summed E-state index contributed by atoms with van der Waals surface area (Å²) in [5.41, 5.74) is 6.88. The molecule has 1 heterocycles. The predicted octanol–water partition coefficient (Wildman–Crippen LogP) is 1.22. The molecule has 0 saturated heterocycles. The number of aromatic nitrogens is 3. The number of nitrogens with zero attached hydrogens (tertiary/aromatic N) is 3. The number of nitrogens with two attached hydrogens (primary N) is 1. The zero-order valence-corrected chi connectivity index (χ0v) is 9.61. The molecule has 0 radical (unpaired) electrons. The van der Waals surface area contributed by atoms with E-state index in [0.717, 1.165) is 24.6 Å². The summed E-state index contributed by atoms with van der Waals surface area (Å²) >= 11 is 0. The molecule has 2 rings (SSSR count). The van der Waals surface area contributed by atoms with Crippen LogP contribution >= 0.6 is 0 Å². The third-order valence-corrected chi connectivity index (χ3v) is 2.94. The summed E-state index contributed by atoms with van der Waals surface area (Å²) in [5, 5.41) is 8.33. The van der Waals surface area contributed by atoms with Crippen molar-refractivity contribution < 1.29 is 0 Å². The Bertz CT molecular complexity index is 325. The zero-order chi connectivity index (χ0) is 10.9. The molecule has 1 aliphatic carbocycles. The van der Waals surface area contributed by atoms with Gasteiger partial charge in [-0.25, -0.2) is 0 Å². The van der Waals surface area contributed by atoms with Crippen molar-refractivity contribution in [2.45, 2.75) is 39.7 Å². The minimum atomic E-state index is 0.125. The first-order valence-electron chi connectivity index (χ1n) is 5.68. The van der Waals surface area contributed by atoms with Gasteiger partial charge in [-0.2, -0.15) is 0 Å². The van der Waals surface area contributed by atoms with Crippen LogP contribution in [0.1, 0.15) is 32.4 Å². The van der Waals surface area contributed by atoms with Crippen molar-refractivity contribution in [3.05, 3.63) is 11.9 Å². The first-order valence-corrected chi connectivity index (χ1v) is 5.68. The molecule has 2 N–H and O–H groups in total. The van der Waals surface area contributed by atoms with Crippen LogP contribution in [-0.2, 0) is 13.0 Å². The zero-order valence-electron chi connectivity index (χ0n) is 9.61. The van der Waals surface area contributed by atoms with Gasteiger partial charge in [0.05, 0.1) is 5.69 Å². The molecule has 4 heteroatoms. The van der Waals surface area contributed by atoms with E-state index in [-0.39, 0.29) is 5.41 Å². The summed E-state index contributed by atoms with van der Waals surface area (Å²) in [4.78, 5) is 0. The van der Waals surface area contributed by atoms with Crippen molar-refractivity contribution >= 4 is 0 Å². The largest absolute Gasteiger partial charge is 0.330 e. The highest BCUT2D eigenvalue weighted by Gasteiger charge is 2.23. The Kier molecular flexibility index (Phi) is 2.78. The van der Waals surface area contributed by atoms with Crippen molar-refractivity contribution in [3.8, 4) is 0 Å². The summed E-state index contributed by atoms with van der Waals surface area (Å²) in [6.07, 6.45) is 5.68. The monoisotopic (exact) mass is 208 g/mol. The fourth-order valence-corrected chi connectivity index (χ4v) is 1.64. The molecule has 4 nitrogen and oxygen atoms in total. The molecule has 0 bridgehead atoms. The topological polar surface area (TPSA) is 56.7 Å². The highest BCUT2D eigenvalue weighted by molar-refractivity contribution is 4.97. The third-order valence-electron chi connectivity index (χ3n) is 2.94. The molecule has 1 aromatic heterocycles. The van der Waals surface area contributed by atoms with Crippen LogP contribution in [0.5, 0.6) is 0 Å². The van der Waals surface area contributed by atoms with E-state index in [4.69, 9.17) is 5.73 Å². The first-order chi connectivity index (χ1) is 7.09. The van der Waals surface area contributed by atoms with E-state index in [9.17, 15) is 0 Å². The molecule has 84 valence electrons. The van der Waals surface area contributed by atoms with Crippen LogP contribution in [0.15, 0.2) is 6.20 Å². The van der Waals surface area contributed by atoms with Gasteiger partial charge in [-0.3, -0.25) is 4.68 Å². The molecule has 1 fully saturated rings. The van der Waals surface area contributed by atoms with E-state index in [1.54, 1.807) is 0 Å². The van der Waals surface area contributed by atoms with Crippen LogP contribution in [0.3, 0.4) is 0 Å². The fourth-order valence-electron chi connectivity index (χ4n) is 1.64. The Balaban J connectivity index is 1.93. The van der Waals surface area contributed by atoms with Crippen molar-refractivity contribution in [1.29, 1.82) is 0 Å². The highest BCUT2D eigenvalue weighted by Crippen LogP contribution is 2.30. The summed E-state index contributed by atoms with van der Waals surface area (Å²) in [7, 11) is 0. The van der Waals surface area contributed by atoms with Gasteiger partial charge in [0.25, 0.3) is 0 Å². The SMILES string of the molecule is CC(C)(CN)Cc1cn(CC2CC2)nn1. The van der Waals surface area contributed by atoms with Crippen LogP contribution in [0.4, 0.5) is 0 Å². The molecule has 1 aliphatic rings. The van der Waals surface area contributed by atoms with Crippen molar-refractivity contribution in [1.82, 2.24) is 15.0 Å². The highest BCUT2D eigenvalue weighted by atomic mass is 15.4. The quantitative estimate of drug-likeness (QED) is 0.791. The van der Waals surface area contributed by atoms with Gasteiger partial charge < -0.3 is 5.73 Å². The molecule has 1 saturated carbocycles. The minimum absolute atomic E-state index is 0.125. The van der Waals surface area contributed by atoms with Gasteiger partial charge in [0, 0.05) is 12.7 Å². The Morgan fingerprint density at radius 2 is 2.27 bits per heavy atom. The van der Waals surface area contributed by atoms with Crippen LogP contribution in [-0.4, -0.2) is 21.5 Å². The summed E-state index contributed by atoms with van der Waals surface area (Å²) in [6, 6.07) is 0. The minimum Gasteiger partial charge on any atom is -0.330 e. The second-order valence-electron chi connectivity index (χ2n) is 5.42. The molecule has 0 atom stereocenters. The van der Waals surface area contributed by atoms with Gasteiger partial charge >= 0.3 is 0 Å². The molecular formula is C11H20N4. The molecule has 0 spiro atoms. The summed E-state index contributed by atoms with van der Waals surface area (Å²) < 4.78 is 1.97. The maximum absolute atomic E-state index is 5.70. The van der Waals surface area contributed by atoms with Crippen molar-refractivity contribution in [3.63, 3.8) is 0 Å². The molecule has 0 aliphatic heterocycles. The van der Waals surface area contributed by atoms with Gasteiger partial charge in [0.1, 0.15) is 0 Å². The van der Waals surface area contributed by atoms with Crippen molar-refractivity contribution in [2.75, 3.05) is 6.54 Å². The van der Waals surface area contributed by atoms with Crippen LogP contribution in [0, 0.1) is 11.3 Å². The predicted molar refractivity (Wildman–Crippen MR) is 59.3 cm³/mol. The van der Waals surface area contributed by atoms with Crippen LogP contribution in [0.2, 0.25) is 0 Å².